The Morgan fingerprint density at radius 1 is 1.30 bits per heavy atom. The van der Waals surface area contributed by atoms with E-state index >= 15 is 0 Å². The van der Waals surface area contributed by atoms with Gasteiger partial charge in [0.05, 0.1) is 18.2 Å². The largest absolute Gasteiger partial charge is 0.383 e. The number of nitrogens with zero attached hydrogens (tertiary/aromatic N) is 3. The van der Waals surface area contributed by atoms with E-state index in [1.165, 1.54) is 4.57 Å². The lowest BCUT2D eigenvalue weighted by Gasteiger charge is -2.26. The summed E-state index contributed by atoms with van der Waals surface area (Å²) < 4.78 is 6.56. The van der Waals surface area contributed by atoms with Crippen molar-refractivity contribution in [1.29, 1.82) is 5.26 Å². The molecule has 1 heterocycles. The second kappa shape index (κ2) is 9.59. The molecule has 8 nitrogen and oxygen atoms in total. The molecule has 3 N–H and O–H groups in total. The standard InChI is InChI=1S/C19H25N5O3/c1-3-4-9-24-17(21)16(18(25)22-19(24)26)23(10-11-27-2)13-15-7-5-14(12-20)6-8-15/h5-8H,3-4,9-11,13,21H2,1-2H3,(H,22,25,26). The van der Waals surface area contributed by atoms with Crippen LogP contribution in [0.1, 0.15) is 30.9 Å². The Morgan fingerprint density at radius 3 is 2.59 bits per heavy atom. The summed E-state index contributed by atoms with van der Waals surface area (Å²) in [6.07, 6.45) is 1.68. The van der Waals surface area contributed by atoms with Crippen LogP contribution in [0.25, 0.3) is 0 Å². The summed E-state index contributed by atoms with van der Waals surface area (Å²) in [5.74, 6) is 0.155. The molecule has 0 radical (unpaired) electrons. The third kappa shape index (κ3) is 4.99. The third-order valence-corrected chi connectivity index (χ3v) is 4.29. The van der Waals surface area contributed by atoms with E-state index in [-0.39, 0.29) is 11.5 Å². The highest BCUT2D eigenvalue weighted by Gasteiger charge is 2.19. The van der Waals surface area contributed by atoms with Crippen LogP contribution in [0.5, 0.6) is 0 Å². The number of rotatable bonds is 9. The lowest BCUT2D eigenvalue weighted by molar-refractivity contribution is 0.205. The van der Waals surface area contributed by atoms with Crippen molar-refractivity contribution in [3.05, 3.63) is 56.2 Å². The van der Waals surface area contributed by atoms with Gasteiger partial charge in [0.1, 0.15) is 11.5 Å². The quantitative estimate of drug-likeness (QED) is 0.689. The van der Waals surface area contributed by atoms with E-state index in [1.807, 2.05) is 19.1 Å². The predicted molar refractivity (Wildman–Crippen MR) is 105 cm³/mol. The Kier molecular flexibility index (Phi) is 7.20. The van der Waals surface area contributed by atoms with Crippen LogP contribution in [0.15, 0.2) is 33.9 Å². The Balaban J connectivity index is 2.44. The molecule has 0 fully saturated rings. The minimum atomic E-state index is -0.519. The van der Waals surface area contributed by atoms with Gasteiger partial charge in [-0.05, 0) is 24.1 Å². The first-order valence-corrected chi connectivity index (χ1v) is 8.87. The Bertz CT molecular complexity index is 909. The lowest BCUT2D eigenvalue weighted by Crippen LogP contribution is -2.39. The molecule has 27 heavy (non-hydrogen) atoms. The van der Waals surface area contributed by atoms with E-state index in [4.69, 9.17) is 15.7 Å². The third-order valence-electron chi connectivity index (χ3n) is 4.29. The summed E-state index contributed by atoms with van der Waals surface area (Å²) in [6.45, 7) is 3.68. The minimum Gasteiger partial charge on any atom is -0.383 e. The van der Waals surface area contributed by atoms with Gasteiger partial charge in [-0.1, -0.05) is 25.5 Å². The van der Waals surface area contributed by atoms with Crippen molar-refractivity contribution in [2.75, 3.05) is 30.9 Å². The number of nitriles is 1. The molecule has 0 atom stereocenters. The molecular formula is C19H25N5O3. The molecule has 0 amide bonds. The van der Waals surface area contributed by atoms with Gasteiger partial charge >= 0.3 is 5.69 Å². The van der Waals surface area contributed by atoms with Gasteiger partial charge in [0.25, 0.3) is 5.56 Å². The Hall–Kier alpha value is -3.05. The highest BCUT2D eigenvalue weighted by atomic mass is 16.5. The molecule has 0 aliphatic carbocycles. The summed E-state index contributed by atoms with van der Waals surface area (Å²) in [5.41, 5.74) is 6.93. The number of benzene rings is 1. The van der Waals surface area contributed by atoms with Crippen molar-refractivity contribution in [3.63, 3.8) is 0 Å². The molecule has 0 aliphatic heterocycles. The van der Waals surface area contributed by atoms with Crippen molar-refractivity contribution in [1.82, 2.24) is 9.55 Å². The normalized spacial score (nSPS) is 10.6. The predicted octanol–water partition coefficient (Wildman–Crippen LogP) is 1.44. The smallest absolute Gasteiger partial charge is 0.330 e. The molecule has 1 aromatic carbocycles. The van der Waals surface area contributed by atoms with Gasteiger partial charge in [-0.3, -0.25) is 14.3 Å². The number of methoxy groups -OCH3 is 1. The van der Waals surface area contributed by atoms with Crippen molar-refractivity contribution >= 4 is 11.5 Å². The number of hydrogen-bond donors (Lipinski definition) is 2. The van der Waals surface area contributed by atoms with Crippen LogP contribution in [-0.4, -0.2) is 29.8 Å². The fourth-order valence-corrected chi connectivity index (χ4v) is 2.80. The second-order valence-electron chi connectivity index (χ2n) is 6.22. The zero-order valence-corrected chi connectivity index (χ0v) is 15.7. The monoisotopic (exact) mass is 371 g/mol. The average molecular weight is 371 g/mol. The highest BCUT2D eigenvalue weighted by Crippen LogP contribution is 2.19. The minimum absolute atomic E-state index is 0.155. The van der Waals surface area contributed by atoms with Crippen molar-refractivity contribution in [3.8, 4) is 6.07 Å². The van der Waals surface area contributed by atoms with Gasteiger partial charge in [0.2, 0.25) is 0 Å². The maximum absolute atomic E-state index is 12.5. The summed E-state index contributed by atoms with van der Waals surface area (Å²) in [5, 5.41) is 8.93. The topological polar surface area (TPSA) is 117 Å². The van der Waals surface area contributed by atoms with E-state index in [1.54, 1.807) is 24.1 Å². The maximum Gasteiger partial charge on any atom is 0.330 e. The van der Waals surface area contributed by atoms with Gasteiger partial charge in [-0.25, -0.2) is 4.79 Å². The first-order chi connectivity index (χ1) is 13.0. The molecule has 2 rings (SSSR count). The lowest BCUT2D eigenvalue weighted by atomic mass is 10.1. The van der Waals surface area contributed by atoms with Gasteiger partial charge < -0.3 is 15.4 Å². The van der Waals surface area contributed by atoms with Crippen LogP contribution in [0.2, 0.25) is 0 Å². The molecule has 0 spiro atoms. The molecule has 0 aliphatic rings. The van der Waals surface area contributed by atoms with E-state index in [0.29, 0.717) is 31.8 Å². The van der Waals surface area contributed by atoms with Gasteiger partial charge in [-0.15, -0.1) is 0 Å². The second-order valence-corrected chi connectivity index (χ2v) is 6.22. The average Bonchev–Trinajstić information content (AvgIpc) is 2.66. The number of anilines is 2. The molecule has 1 aromatic heterocycles. The van der Waals surface area contributed by atoms with Gasteiger partial charge in [-0.2, -0.15) is 5.26 Å². The number of nitrogens with two attached hydrogens (primary N) is 1. The first kappa shape index (κ1) is 20.3. The number of nitrogens with one attached hydrogen (secondary N) is 1. The molecular weight excluding hydrogens is 346 g/mol. The van der Waals surface area contributed by atoms with E-state index in [0.717, 1.165) is 18.4 Å². The summed E-state index contributed by atoms with van der Waals surface area (Å²) in [6, 6.07) is 9.18. The fourth-order valence-electron chi connectivity index (χ4n) is 2.80. The molecule has 0 saturated heterocycles. The molecule has 144 valence electrons. The van der Waals surface area contributed by atoms with Gasteiger partial charge in [0.15, 0.2) is 0 Å². The zero-order chi connectivity index (χ0) is 19.8. The molecule has 0 unspecified atom stereocenters. The SMILES string of the molecule is CCCCn1c(N)c(N(CCOC)Cc2ccc(C#N)cc2)c(=O)[nH]c1=O. The van der Waals surface area contributed by atoms with Crippen molar-refractivity contribution < 1.29 is 4.74 Å². The fraction of sp³-hybridized carbons (Fsp3) is 0.421. The van der Waals surface area contributed by atoms with Crippen LogP contribution in [0, 0.1) is 11.3 Å². The molecule has 0 bridgehead atoms. The zero-order valence-electron chi connectivity index (χ0n) is 15.7. The summed E-state index contributed by atoms with van der Waals surface area (Å²) in [4.78, 5) is 28.8. The number of nitrogen functional groups attached to an aromatic ring is 1. The molecule has 0 saturated carbocycles. The number of H-pyrrole nitrogens is 1. The maximum atomic E-state index is 12.5. The first-order valence-electron chi connectivity index (χ1n) is 8.87. The number of unbranched alkanes of at least 4 members (excludes halogenated alkanes) is 1. The van der Waals surface area contributed by atoms with Gasteiger partial charge in [0, 0.05) is 26.7 Å². The van der Waals surface area contributed by atoms with E-state index in [9.17, 15) is 9.59 Å². The number of aromatic nitrogens is 2. The highest BCUT2D eigenvalue weighted by molar-refractivity contribution is 5.62. The van der Waals surface area contributed by atoms with E-state index in [2.05, 4.69) is 11.1 Å². The molecule has 2 aromatic rings. The van der Waals surface area contributed by atoms with Crippen LogP contribution in [0.4, 0.5) is 11.5 Å². The summed E-state index contributed by atoms with van der Waals surface area (Å²) >= 11 is 0. The Morgan fingerprint density at radius 2 is 2.00 bits per heavy atom. The van der Waals surface area contributed by atoms with Crippen LogP contribution in [0.3, 0.4) is 0 Å². The number of ether oxygens (including phenoxy) is 1. The number of aromatic amines is 1. The van der Waals surface area contributed by atoms with Crippen molar-refractivity contribution in [2.24, 2.45) is 0 Å². The Labute approximate surface area is 157 Å². The summed E-state index contributed by atoms with van der Waals surface area (Å²) in [7, 11) is 1.58. The van der Waals surface area contributed by atoms with Crippen LogP contribution >= 0.6 is 0 Å². The van der Waals surface area contributed by atoms with Crippen LogP contribution in [-0.2, 0) is 17.8 Å². The van der Waals surface area contributed by atoms with Crippen molar-refractivity contribution in [2.45, 2.75) is 32.9 Å². The van der Waals surface area contributed by atoms with E-state index < -0.39 is 11.2 Å². The molecule has 8 heteroatoms. The number of hydrogen-bond acceptors (Lipinski definition) is 6. The van der Waals surface area contributed by atoms with Crippen LogP contribution < -0.4 is 21.9 Å².